The summed E-state index contributed by atoms with van der Waals surface area (Å²) in [4.78, 5) is 12.5. The van der Waals surface area contributed by atoms with E-state index in [1.54, 1.807) is 0 Å². The van der Waals surface area contributed by atoms with Crippen LogP contribution in [0, 0.1) is 0 Å². The van der Waals surface area contributed by atoms with Crippen LogP contribution in [0.4, 0.5) is 0 Å². The summed E-state index contributed by atoms with van der Waals surface area (Å²) in [5, 5.41) is 0. The Morgan fingerprint density at radius 2 is 1.39 bits per heavy atom. The van der Waals surface area contributed by atoms with Gasteiger partial charge in [0.1, 0.15) is 0 Å². The maximum absolute atomic E-state index is 12.5. The number of unbranched alkanes of at least 4 members (excludes halogenated alkanes) is 3. The molecule has 1 fully saturated rings. The van der Waals surface area contributed by atoms with Crippen LogP contribution in [0.25, 0.3) is 0 Å². The third-order valence-electron chi connectivity index (χ3n) is 5.56. The van der Waals surface area contributed by atoms with Crippen molar-refractivity contribution in [1.82, 2.24) is 0 Å². The first-order valence-corrected chi connectivity index (χ1v) is 17.1. The van der Waals surface area contributed by atoms with Crippen molar-refractivity contribution >= 4 is 24.2 Å². The van der Waals surface area contributed by atoms with Crippen LogP contribution in [0.15, 0.2) is 9.16 Å². The van der Waals surface area contributed by atoms with Crippen LogP contribution < -0.4 is 0 Å². The van der Waals surface area contributed by atoms with Crippen LogP contribution in [0.3, 0.4) is 0 Å². The van der Waals surface area contributed by atoms with Crippen molar-refractivity contribution in [1.29, 1.82) is 0 Å². The van der Waals surface area contributed by atoms with Crippen molar-refractivity contribution in [3.8, 4) is 0 Å². The van der Waals surface area contributed by atoms with Gasteiger partial charge in [0, 0.05) is 0 Å². The molecule has 1 aliphatic heterocycles. The molecule has 0 aromatic carbocycles. The van der Waals surface area contributed by atoms with Gasteiger partial charge in [-0.15, -0.1) is 0 Å². The van der Waals surface area contributed by atoms with Crippen LogP contribution in [0.5, 0.6) is 0 Å². The molecule has 23 heavy (non-hydrogen) atoms. The number of hydrogen-bond acceptors (Lipinski definition) is 3. The second kappa shape index (κ2) is 8.01. The van der Waals surface area contributed by atoms with E-state index < -0.39 is 24.2 Å². The number of carbonyl (C=O) groups excluding carboxylic acids is 1. The summed E-state index contributed by atoms with van der Waals surface area (Å²) in [6.45, 7) is 10.7. The SMILES string of the molecule is CCC[CH2][Sn]([CH2]CCC)([CH2]CCC)[C]1=C(C)C(=O)C12OC(C)O2. The summed E-state index contributed by atoms with van der Waals surface area (Å²) in [7, 11) is 0. The van der Waals surface area contributed by atoms with E-state index in [0.29, 0.717) is 0 Å². The quantitative estimate of drug-likeness (QED) is 0.439. The molecule has 0 bridgehead atoms. The Morgan fingerprint density at radius 1 is 0.957 bits per heavy atom. The molecule has 0 unspecified atom stereocenters. The van der Waals surface area contributed by atoms with Crippen LogP contribution in [-0.4, -0.2) is 36.2 Å². The summed E-state index contributed by atoms with van der Waals surface area (Å²) < 4.78 is 17.3. The fourth-order valence-corrected chi connectivity index (χ4v) is 22.8. The van der Waals surface area contributed by atoms with E-state index in [4.69, 9.17) is 9.47 Å². The van der Waals surface area contributed by atoms with Crippen molar-refractivity contribution in [3.05, 3.63) is 9.16 Å². The van der Waals surface area contributed by atoms with Gasteiger partial charge in [-0.3, -0.25) is 0 Å². The van der Waals surface area contributed by atoms with Crippen molar-refractivity contribution in [2.24, 2.45) is 0 Å². The molecule has 0 aromatic rings. The average Bonchev–Trinajstić information content (AvgIpc) is 2.53. The zero-order valence-corrected chi connectivity index (χ0v) is 18.5. The van der Waals surface area contributed by atoms with Gasteiger partial charge in [0.2, 0.25) is 0 Å². The van der Waals surface area contributed by atoms with E-state index in [2.05, 4.69) is 20.8 Å². The number of ether oxygens (including phenoxy) is 2. The van der Waals surface area contributed by atoms with Gasteiger partial charge in [-0.1, -0.05) is 0 Å². The van der Waals surface area contributed by atoms with Crippen LogP contribution >= 0.6 is 0 Å². The molecule has 4 heteroatoms. The van der Waals surface area contributed by atoms with E-state index >= 15 is 0 Å². The molecule has 0 radical (unpaired) electrons. The number of hydrogen-bond donors (Lipinski definition) is 0. The number of Topliss-reactive ketones (excluding diaryl/α,β-unsaturated/α-hetero) is 1. The average molecular weight is 429 g/mol. The molecule has 2 aliphatic rings. The molecule has 0 amide bonds. The number of carbonyl (C=O) groups is 1. The van der Waals surface area contributed by atoms with Crippen molar-refractivity contribution < 1.29 is 14.3 Å². The third-order valence-corrected chi connectivity index (χ3v) is 21.8. The van der Waals surface area contributed by atoms with Crippen molar-refractivity contribution in [2.45, 2.75) is 98.5 Å². The van der Waals surface area contributed by atoms with E-state index in [9.17, 15) is 4.79 Å². The molecule has 1 aliphatic carbocycles. The summed E-state index contributed by atoms with van der Waals surface area (Å²) in [5.41, 5.74) is 0.996. The zero-order valence-electron chi connectivity index (χ0n) is 15.7. The molecule has 1 heterocycles. The predicted octanol–water partition coefficient (Wildman–Crippen LogP) is 5.36. The van der Waals surface area contributed by atoms with Crippen LogP contribution in [0.2, 0.25) is 13.3 Å². The second-order valence-electron chi connectivity index (χ2n) is 7.34. The molecule has 1 spiro atoms. The van der Waals surface area contributed by atoms with E-state index in [-0.39, 0.29) is 12.1 Å². The third kappa shape index (κ3) is 3.43. The summed E-state index contributed by atoms with van der Waals surface area (Å²) in [5.74, 6) is -0.814. The molecule has 0 atom stereocenters. The summed E-state index contributed by atoms with van der Waals surface area (Å²) in [6, 6.07) is 0. The predicted molar refractivity (Wildman–Crippen MR) is 97.0 cm³/mol. The Balaban J connectivity index is 2.35. The monoisotopic (exact) mass is 430 g/mol. The van der Waals surface area contributed by atoms with Crippen molar-refractivity contribution in [2.75, 3.05) is 0 Å². The van der Waals surface area contributed by atoms with Gasteiger partial charge in [-0.05, 0) is 0 Å². The minimum atomic E-state index is -2.62. The Kier molecular flexibility index (Phi) is 6.77. The molecule has 1 saturated heterocycles. The summed E-state index contributed by atoms with van der Waals surface area (Å²) in [6.07, 6.45) is 7.36. The van der Waals surface area contributed by atoms with E-state index in [1.165, 1.54) is 55.4 Å². The topological polar surface area (TPSA) is 35.5 Å². The standard InChI is InChI=1S/C7H7O3.3C4H9.Sn/c1-4-3-7(6(4)8)9-5(2)10-7;3*1-3-4-2;/h5H,1-2H3;3*1,3-4H2,2H3;. The number of rotatable bonds is 10. The molecule has 0 N–H and O–H groups in total. The Labute approximate surface area is 146 Å². The fourth-order valence-electron chi connectivity index (χ4n) is 4.40. The fraction of sp³-hybridized carbons (Fsp3) is 0.842. The van der Waals surface area contributed by atoms with Gasteiger partial charge in [0.15, 0.2) is 0 Å². The van der Waals surface area contributed by atoms with Gasteiger partial charge < -0.3 is 0 Å². The first-order valence-electron chi connectivity index (χ1n) is 9.59. The molecule has 0 aromatic heterocycles. The molecule has 3 nitrogen and oxygen atoms in total. The Hall–Kier alpha value is 0.129. The number of ketones is 1. The molecular formula is C19H34O3Sn. The van der Waals surface area contributed by atoms with Crippen LogP contribution in [0.1, 0.15) is 73.1 Å². The summed E-state index contributed by atoms with van der Waals surface area (Å²) >= 11 is -2.62. The van der Waals surface area contributed by atoms with Gasteiger partial charge in [0.25, 0.3) is 0 Å². The first-order chi connectivity index (χ1) is 11.0. The zero-order chi connectivity index (χ0) is 17.1. The van der Waals surface area contributed by atoms with Gasteiger partial charge in [-0.25, -0.2) is 0 Å². The Bertz CT molecular complexity index is 441. The second-order valence-corrected chi connectivity index (χ2v) is 20.4. The van der Waals surface area contributed by atoms with Gasteiger partial charge in [0.05, 0.1) is 0 Å². The minimum absolute atomic E-state index is 0.108. The van der Waals surface area contributed by atoms with Gasteiger partial charge in [-0.2, -0.15) is 0 Å². The first kappa shape index (κ1) is 19.5. The molecule has 2 rings (SSSR count). The molecule has 132 valence electrons. The molecule has 0 saturated carbocycles. The van der Waals surface area contributed by atoms with Crippen molar-refractivity contribution in [3.63, 3.8) is 0 Å². The van der Waals surface area contributed by atoms with Gasteiger partial charge >= 0.3 is 146 Å². The molecular weight excluding hydrogens is 395 g/mol. The van der Waals surface area contributed by atoms with E-state index in [1.807, 2.05) is 13.8 Å². The maximum atomic E-state index is 12.5. The normalized spacial score (nSPS) is 27.3. The Morgan fingerprint density at radius 3 is 1.74 bits per heavy atom. The van der Waals surface area contributed by atoms with Crippen LogP contribution in [-0.2, 0) is 14.3 Å². The van der Waals surface area contributed by atoms with E-state index in [0.717, 1.165) is 5.57 Å².